The van der Waals surface area contributed by atoms with Crippen LogP contribution in [0, 0.1) is 5.92 Å². The monoisotopic (exact) mass is 296 g/mol. The fourth-order valence-electron chi connectivity index (χ4n) is 2.60. The van der Waals surface area contributed by atoms with E-state index in [1.165, 1.54) is 32.1 Å². The van der Waals surface area contributed by atoms with Crippen LogP contribution in [0.2, 0.25) is 0 Å². The Bertz CT molecular complexity index is 370. The van der Waals surface area contributed by atoms with Crippen molar-refractivity contribution < 1.29 is 0 Å². The minimum absolute atomic E-state index is 0.598. The maximum absolute atomic E-state index is 6.00. The first-order valence-electron chi connectivity index (χ1n) is 6.50. The summed E-state index contributed by atoms with van der Waals surface area (Å²) in [4.78, 5) is 0. The Morgan fingerprint density at radius 1 is 1.29 bits per heavy atom. The van der Waals surface area contributed by atoms with E-state index >= 15 is 0 Å². The van der Waals surface area contributed by atoms with Crippen molar-refractivity contribution in [1.29, 1.82) is 0 Å². The second kappa shape index (κ2) is 5.76. The lowest BCUT2D eigenvalue weighted by Gasteiger charge is -2.29. The first kappa shape index (κ1) is 12.7. The van der Waals surface area contributed by atoms with Crippen LogP contribution in [0.25, 0.3) is 0 Å². The third kappa shape index (κ3) is 3.38. The summed E-state index contributed by atoms with van der Waals surface area (Å²) in [6, 6.07) is 6.66. The molecule has 2 rings (SSSR count). The van der Waals surface area contributed by atoms with Gasteiger partial charge in [-0.2, -0.15) is 0 Å². The van der Waals surface area contributed by atoms with E-state index in [1.54, 1.807) is 0 Å². The SMILES string of the molecule is CCC1CCC(Nc2ccc(Br)cc2N)CC1. The maximum atomic E-state index is 6.00. The number of nitrogens with one attached hydrogen (secondary N) is 1. The zero-order valence-electron chi connectivity index (χ0n) is 10.4. The molecule has 1 fully saturated rings. The van der Waals surface area contributed by atoms with E-state index < -0.39 is 0 Å². The van der Waals surface area contributed by atoms with Crippen molar-refractivity contribution in [2.45, 2.75) is 45.1 Å². The molecule has 3 heteroatoms. The Morgan fingerprint density at radius 2 is 2.00 bits per heavy atom. The van der Waals surface area contributed by atoms with Gasteiger partial charge in [0, 0.05) is 10.5 Å². The minimum Gasteiger partial charge on any atom is -0.397 e. The summed E-state index contributed by atoms with van der Waals surface area (Å²) < 4.78 is 1.04. The average molecular weight is 297 g/mol. The van der Waals surface area contributed by atoms with Crippen molar-refractivity contribution in [1.82, 2.24) is 0 Å². The maximum Gasteiger partial charge on any atom is 0.0576 e. The summed E-state index contributed by atoms with van der Waals surface area (Å²) in [6.07, 6.45) is 6.57. The van der Waals surface area contributed by atoms with E-state index in [-0.39, 0.29) is 0 Å². The minimum atomic E-state index is 0.598. The van der Waals surface area contributed by atoms with Crippen LogP contribution in [0.5, 0.6) is 0 Å². The Morgan fingerprint density at radius 3 is 2.59 bits per heavy atom. The molecule has 1 aliphatic rings. The van der Waals surface area contributed by atoms with Gasteiger partial charge in [-0.15, -0.1) is 0 Å². The van der Waals surface area contributed by atoms with E-state index in [9.17, 15) is 0 Å². The quantitative estimate of drug-likeness (QED) is 0.811. The van der Waals surface area contributed by atoms with Crippen LogP contribution >= 0.6 is 15.9 Å². The molecule has 17 heavy (non-hydrogen) atoms. The lowest BCUT2D eigenvalue weighted by Crippen LogP contribution is -2.26. The molecule has 0 saturated heterocycles. The molecule has 0 spiro atoms. The normalized spacial score (nSPS) is 24.6. The highest BCUT2D eigenvalue weighted by Gasteiger charge is 2.20. The predicted molar refractivity (Wildman–Crippen MR) is 78.2 cm³/mol. The van der Waals surface area contributed by atoms with Gasteiger partial charge in [-0.3, -0.25) is 0 Å². The Hall–Kier alpha value is -0.700. The standard InChI is InChI=1S/C14H21BrN2/c1-2-10-3-6-12(7-4-10)17-14-8-5-11(15)9-13(14)16/h5,8-10,12,17H,2-4,6-7,16H2,1H3. The van der Waals surface area contributed by atoms with Gasteiger partial charge < -0.3 is 11.1 Å². The highest BCUT2D eigenvalue weighted by molar-refractivity contribution is 9.10. The van der Waals surface area contributed by atoms with Crippen LogP contribution in [0.3, 0.4) is 0 Å². The van der Waals surface area contributed by atoms with Gasteiger partial charge in [-0.1, -0.05) is 29.3 Å². The van der Waals surface area contributed by atoms with Crippen LogP contribution in [0.1, 0.15) is 39.0 Å². The highest BCUT2D eigenvalue weighted by atomic mass is 79.9. The van der Waals surface area contributed by atoms with Gasteiger partial charge in [-0.25, -0.2) is 0 Å². The molecule has 0 bridgehead atoms. The molecule has 3 N–H and O–H groups in total. The number of benzene rings is 1. The molecule has 0 unspecified atom stereocenters. The Labute approximate surface area is 112 Å². The summed E-state index contributed by atoms with van der Waals surface area (Å²) in [6.45, 7) is 2.30. The second-order valence-corrected chi connectivity index (χ2v) is 5.92. The first-order chi connectivity index (χ1) is 8.19. The van der Waals surface area contributed by atoms with E-state index in [4.69, 9.17) is 5.73 Å². The smallest absolute Gasteiger partial charge is 0.0576 e. The number of hydrogen-bond acceptors (Lipinski definition) is 2. The van der Waals surface area contributed by atoms with Gasteiger partial charge in [-0.05, 0) is 49.8 Å². The van der Waals surface area contributed by atoms with Gasteiger partial charge >= 0.3 is 0 Å². The highest BCUT2D eigenvalue weighted by Crippen LogP contribution is 2.30. The lowest BCUT2D eigenvalue weighted by molar-refractivity contribution is 0.330. The van der Waals surface area contributed by atoms with Crippen LogP contribution < -0.4 is 11.1 Å². The molecule has 0 heterocycles. The molecule has 0 aliphatic heterocycles. The average Bonchev–Trinajstić information content (AvgIpc) is 2.34. The summed E-state index contributed by atoms with van der Waals surface area (Å²) in [5, 5.41) is 3.58. The fourth-order valence-corrected chi connectivity index (χ4v) is 2.98. The van der Waals surface area contributed by atoms with E-state index in [2.05, 4.69) is 34.2 Å². The van der Waals surface area contributed by atoms with E-state index in [0.29, 0.717) is 6.04 Å². The molecule has 0 amide bonds. The van der Waals surface area contributed by atoms with Crippen molar-refractivity contribution in [3.63, 3.8) is 0 Å². The number of rotatable bonds is 3. The molecule has 0 atom stereocenters. The summed E-state index contributed by atoms with van der Waals surface area (Å²) in [5.41, 5.74) is 7.91. The van der Waals surface area contributed by atoms with Crippen molar-refractivity contribution >= 4 is 27.3 Å². The molecule has 2 nitrogen and oxygen atoms in total. The molecular formula is C14H21BrN2. The summed E-state index contributed by atoms with van der Waals surface area (Å²) in [7, 11) is 0. The molecular weight excluding hydrogens is 276 g/mol. The van der Waals surface area contributed by atoms with Crippen molar-refractivity contribution in [3.05, 3.63) is 22.7 Å². The molecule has 1 aliphatic carbocycles. The van der Waals surface area contributed by atoms with Gasteiger partial charge in [0.1, 0.15) is 0 Å². The van der Waals surface area contributed by atoms with E-state index in [0.717, 1.165) is 21.8 Å². The van der Waals surface area contributed by atoms with Gasteiger partial charge in [0.2, 0.25) is 0 Å². The third-order valence-electron chi connectivity index (χ3n) is 3.80. The summed E-state index contributed by atoms with van der Waals surface area (Å²) >= 11 is 3.43. The number of halogens is 1. The molecule has 0 aromatic heterocycles. The van der Waals surface area contributed by atoms with Crippen LogP contribution in [0.15, 0.2) is 22.7 Å². The number of nitrogens with two attached hydrogens (primary N) is 1. The molecule has 1 aromatic carbocycles. The van der Waals surface area contributed by atoms with Crippen LogP contribution in [0.4, 0.5) is 11.4 Å². The third-order valence-corrected chi connectivity index (χ3v) is 4.29. The van der Waals surface area contributed by atoms with Crippen molar-refractivity contribution in [3.8, 4) is 0 Å². The zero-order chi connectivity index (χ0) is 12.3. The fraction of sp³-hybridized carbons (Fsp3) is 0.571. The Balaban J connectivity index is 1.93. The first-order valence-corrected chi connectivity index (χ1v) is 7.30. The van der Waals surface area contributed by atoms with Crippen molar-refractivity contribution in [2.24, 2.45) is 5.92 Å². The molecule has 1 aromatic rings. The molecule has 1 saturated carbocycles. The van der Waals surface area contributed by atoms with Gasteiger partial charge in [0.25, 0.3) is 0 Å². The van der Waals surface area contributed by atoms with Gasteiger partial charge in [0.05, 0.1) is 11.4 Å². The molecule has 94 valence electrons. The number of nitrogen functional groups attached to an aromatic ring is 1. The number of anilines is 2. The van der Waals surface area contributed by atoms with Gasteiger partial charge in [0.15, 0.2) is 0 Å². The number of hydrogen-bond donors (Lipinski definition) is 2. The second-order valence-electron chi connectivity index (χ2n) is 5.00. The van der Waals surface area contributed by atoms with Crippen LogP contribution in [-0.2, 0) is 0 Å². The van der Waals surface area contributed by atoms with E-state index in [1.807, 2.05) is 12.1 Å². The van der Waals surface area contributed by atoms with Crippen molar-refractivity contribution in [2.75, 3.05) is 11.1 Å². The zero-order valence-corrected chi connectivity index (χ0v) is 12.0. The van der Waals surface area contributed by atoms with Crippen LogP contribution in [-0.4, -0.2) is 6.04 Å². The topological polar surface area (TPSA) is 38.0 Å². The largest absolute Gasteiger partial charge is 0.397 e. The Kier molecular flexibility index (Phi) is 4.32. The lowest BCUT2D eigenvalue weighted by atomic mass is 9.84. The predicted octanol–water partition coefficient (Wildman–Crippen LogP) is 4.41. The summed E-state index contributed by atoms with van der Waals surface area (Å²) in [5.74, 6) is 0.940. The molecule has 0 radical (unpaired) electrons.